The number of rotatable bonds is 4. The van der Waals surface area contributed by atoms with Crippen LogP contribution in [0.25, 0.3) is 6.08 Å². The van der Waals surface area contributed by atoms with Crippen LogP contribution in [-0.4, -0.2) is 17.6 Å². The van der Waals surface area contributed by atoms with Gasteiger partial charge in [-0.25, -0.2) is 0 Å². The van der Waals surface area contributed by atoms with Gasteiger partial charge in [0.05, 0.1) is 4.92 Å². The summed E-state index contributed by atoms with van der Waals surface area (Å²) in [5.41, 5.74) is 1.94. The number of aryl methyl sites for hydroxylation is 1. The van der Waals surface area contributed by atoms with Gasteiger partial charge in [0.15, 0.2) is 11.5 Å². The molecule has 2 aromatic carbocycles. The molecule has 24 heavy (non-hydrogen) atoms. The summed E-state index contributed by atoms with van der Waals surface area (Å²) in [6.45, 7) is 1.90. The topological polar surface area (TPSA) is 90.7 Å². The van der Waals surface area contributed by atoms with Crippen molar-refractivity contribution >= 4 is 23.4 Å². The summed E-state index contributed by atoms with van der Waals surface area (Å²) in [4.78, 5) is 22.2. The molecule has 0 saturated heterocycles. The summed E-state index contributed by atoms with van der Waals surface area (Å²) in [6, 6.07) is 9.65. The van der Waals surface area contributed by atoms with E-state index >= 15 is 0 Å². The lowest BCUT2D eigenvalue weighted by molar-refractivity contribution is -0.384. The third-order valence-corrected chi connectivity index (χ3v) is 3.50. The molecule has 7 heteroatoms. The van der Waals surface area contributed by atoms with Crippen LogP contribution in [0.4, 0.5) is 11.4 Å². The Balaban J connectivity index is 1.68. The number of nitrogens with zero attached hydrogens (tertiary/aromatic N) is 1. The van der Waals surface area contributed by atoms with E-state index in [2.05, 4.69) is 5.32 Å². The van der Waals surface area contributed by atoms with E-state index < -0.39 is 4.92 Å². The molecule has 122 valence electrons. The van der Waals surface area contributed by atoms with Crippen LogP contribution in [-0.2, 0) is 4.79 Å². The van der Waals surface area contributed by atoms with Crippen molar-refractivity contribution in [1.82, 2.24) is 0 Å². The lowest BCUT2D eigenvalue weighted by Crippen LogP contribution is -2.09. The molecule has 0 bridgehead atoms. The average molecular weight is 326 g/mol. The molecule has 1 aliphatic heterocycles. The molecule has 0 unspecified atom stereocenters. The second kappa shape index (κ2) is 6.41. The predicted octanol–water partition coefficient (Wildman–Crippen LogP) is 3.28. The van der Waals surface area contributed by atoms with Gasteiger partial charge in [-0.15, -0.1) is 0 Å². The van der Waals surface area contributed by atoms with Gasteiger partial charge in [0.1, 0.15) is 0 Å². The molecular weight excluding hydrogens is 312 g/mol. The zero-order valence-electron chi connectivity index (χ0n) is 12.8. The molecule has 0 fully saturated rings. The molecule has 0 aromatic heterocycles. The molecule has 0 aliphatic carbocycles. The molecule has 1 amide bonds. The second-order valence-electron chi connectivity index (χ2n) is 5.19. The van der Waals surface area contributed by atoms with Crippen molar-refractivity contribution in [1.29, 1.82) is 0 Å². The average Bonchev–Trinajstić information content (AvgIpc) is 3.02. The normalized spacial score (nSPS) is 12.4. The Morgan fingerprint density at radius 3 is 2.75 bits per heavy atom. The van der Waals surface area contributed by atoms with E-state index in [9.17, 15) is 14.9 Å². The van der Waals surface area contributed by atoms with Gasteiger partial charge >= 0.3 is 0 Å². The molecule has 0 saturated carbocycles. The van der Waals surface area contributed by atoms with Crippen molar-refractivity contribution < 1.29 is 19.2 Å². The molecule has 3 rings (SSSR count). The van der Waals surface area contributed by atoms with Crippen LogP contribution >= 0.6 is 0 Å². The van der Waals surface area contributed by atoms with Crippen LogP contribution in [0.1, 0.15) is 11.1 Å². The van der Waals surface area contributed by atoms with Crippen LogP contribution in [0.2, 0.25) is 0 Å². The van der Waals surface area contributed by atoms with Gasteiger partial charge < -0.3 is 14.8 Å². The number of benzene rings is 2. The number of fused-ring (bicyclic) bond motifs is 1. The minimum Gasteiger partial charge on any atom is -0.454 e. The van der Waals surface area contributed by atoms with Crippen LogP contribution in [0.3, 0.4) is 0 Å². The minimum absolute atomic E-state index is 0.0126. The Morgan fingerprint density at radius 1 is 1.21 bits per heavy atom. The van der Waals surface area contributed by atoms with Gasteiger partial charge in [-0.1, -0.05) is 6.07 Å². The highest BCUT2D eigenvalue weighted by atomic mass is 16.7. The number of anilines is 1. The van der Waals surface area contributed by atoms with Gasteiger partial charge in [-0.3, -0.25) is 14.9 Å². The van der Waals surface area contributed by atoms with Gasteiger partial charge in [0.2, 0.25) is 12.7 Å². The van der Waals surface area contributed by atoms with Crippen LogP contribution in [0.5, 0.6) is 11.5 Å². The molecule has 1 heterocycles. The number of carbonyl (C=O) groups excluding carboxylic acids is 1. The highest BCUT2D eigenvalue weighted by Gasteiger charge is 2.12. The zero-order valence-corrected chi connectivity index (χ0v) is 12.8. The number of ether oxygens (including phenoxy) is 2. The highest BCUT2D eigenvalue weighted by molar-refractivity contribution is 6.02. The number of nitrogens with one attached hydrogen (secondary N) is 1. The Labute approximate surface area is 137 Å². The fourth-order valence-corrected chi connectivity index (χ4v) is 2.26. The van der Waals surface area contributed by atoms with Gasteiger partial charge in [0, 0.05) is 23.9 Å². The van der Waals surface area contributed by atoms with E-state index in [1.54, 1.807) is 25.1 Å². The Morgan fingerprint density at radius 2 is 2.00 bits per heavy atom. The van der Waals surface area contributed by atoms with E-state index in [0.29, 0.717) is 22.7 Å². The Kier molecular flexibility index (Phi) is 4.15. The molecule has 2 aromatic rings. The largest absolute Gasteiger partial charge is 0.454 e. The maximum atomic E-state index is 12.0. The molecule has 7 nitrogen and oxygen atoms in total. The third kappa shape index (κ3) is 3.35. The first-order valence-electron chi connectivity index (χ1n) is 7.17. The van der Waals surface area contributed by atoms with Crippen molar-refractivity contribution in [2.45, 2.75) is 6.92 Å². The molecule has 1 aliphatic rings. The van der Waals surface area contributed by atoms with Crippen LogP contribution in [0.15, 0.2) is 42.5 Å². The lowest BCUT2D eigenvalue weighted by Gasteiger charge is -2.06. The Hall–Kier alpha value is -3.35. The van der Waals surface area contributed by atoms with Crippen molar-refractivity contribution in [3.8, 4) is 11.5 Å². The number of carbonyl (C=O) groups is 1. The molecular formula is C17H14N2O5. The second-order valence-corrected chi connectivity index (χ2v) is 5.19. The van der Waals surface area contributed by atoms with Gasteiger partial charge in [-0.05, 0) is 42.3 Å². The van der Waals surface area contributed by atoms with Crippen molar-refractivity contribution in [3.63, 3.8) is 0 Å². The SMILES string of the molecule is Cc1cc([N+](=O)[O-])ccc1NC(=O)C=Cc1ccc2c(c1)OCO2. The lowest BCUT2D eigenvalue weighted by atomic mass is 10.1. The number of hydrogen-bond acceptors (Lipinski definition) is 5. The standard InChI is InChI=1S/C17H14N2O5/c1-11-8-13(19(21)22)4-5-14(11)18-17(20)7-3-12-2-6-15-16(9-12)24-10-23-15/h2-9H,10H2,1H3,(H,18,20). The van der Waals surface area contributed by atoms with Gasteiger partial charge in [-0.2, -0.15) is 0 Å². The highest BCUT2D eigenvalue weighted by Crippen LogP contribution is 2.32. The number of hydrogen-bond donors (Lipinski definition) is 1. The number of amides is 1. The Bertz CT molecular complexity index is 845. The monoisotopic (exact) mass is 326 g/mol. The third-order valence-electron chi connectivity index (χ3n) is 3.50. The van der Waals surface area contributed by atoms with E-state index in [4.69, 9.17) is 9.47 Å². The van der Waals surface area contributed by atoms with Crippen molar-refractivity contribution in [2.24, 2.45) is 0 Å². The molecule has 0 spiro atoms. The van der Waals surface area contributed by atoms with Crippen LogP contribution in [0, 0.1) is 17.0 Å². The minimum atomic E-state index is -0.474. The first kappa shape index (κ1) is 15.5. The maximum Gasteiger partial charge on any atom is 0.269 e. The van der Waals surface area contributed by atoms with Crippen molar-refractivity contribution in [2.75, 3.05) is 12.1 Å². The summed E-state index contributed by atoms with van der Waals surface area (Å²) < 4.78 is 10.5. The van der Waals surface area contributed by atoms with E-state index in [1.807, 2.05) is 6.07 Å². The summed E-state index contributed by atoms with van der Waals surface area (Å²) in [7, 11) is 0. The van der Waals surface area contributed by atoms with E-state index in [1.165, 1.54) is 24.3 Å². The first-order chi connectivity index (χ1) is 11.5. The smallest absolute Gasteiger partial charge is 0.269 e. The number of nitro benzene ring substituents is 1. The van der Waals surface area contributed by atoms with Gasteiger partial charge in [0.25, 0.3) is 5.69 Å². The fraction of sp³-hybridized carbons (Fsp3) is 0.118. The molecule has 0 radical (unpaired) electrons. The molecule has 0 atom stereocenters. The summed E-state index contributed by atoms with van der Waals surface area (Å²) >= 11 is 0. The van der Waals surface area contributed by atoms with E-state index in [0.717, 1.165) is 5.56 Å². The summed E-state index contributed by atoms with van der Waals surface area (Å²) in [6.07, 6.45) is 3.04. The predicted molar refractivity (Wildman–Crippen MR) is 88.1 cm³/mol. The zero-order chi connectivity index (χ0) is 17.1. The van der Waals surface area contributed by atoms with Crippen LogP contribution < -0.4 is 14.8 Å². The quantitative estimate of drug-likeness (QED) is 0.529. The summed E-state index contributed by atoms with van der Waals surface area (Å²) in [5, 5.41) is 13.4. The molecule has 1 N–H and O–H groups in total. The maximum absolute atomic E-state index is 12.0. The van der Waals surface area contributed by atoms with E-state index in [-0.39, 0.29) is 18.4 Å². The summed E-state index contributed by atoms with van der Waals surface area (Å²) in [5.74, 6) is 0.992. The number of non-ortho nitro benzene ring substituents is 1. The first-order valence-corrected chi connectivity index (χ1v) is 7.17. The van der Waals surface area contributed by atoms with Crippen molar-refractivity contribution in [3.05, 3.63) is 63.7 Å². The number of nitro groups is 1. The fourth-order valence-electron chi connectivity index (χ4n) is 2.26.